The number of rotatable bonds is 8. The van der Waals surface area contributed by atoms with Gasteiger partial charge in [-0.3, -0.25) is 14.7 Å². The number of hydrogen-bond acceptors (Lipinski definition) is 4. The first-order valence-corrected chi connectivity index (χ1v) is 11.3. The van der Waals surface area contributed by atoms with Crippen molar-refractivity contribution in [1.82, 2.24) is 15.2 Å². The third-order valence-electron chi connectivity index (χ3n) is 6.17. The Balaban J connectivity index is 1.35. The van der Waals surface area contributed by atoms with Crippen molar-refractivity contribution in [3.8, 4) is 11.1 Å². The second kappa shape index (κ2) is 11.0. The van der Waals surface area contributed by atoms with E-state index in [-0.39, 0.29) is 18.6 Å². The summed E-state index contributed by atoms with van der Waals surface area (Å²) in [6, 6.07) is 25.2. The lowest BCUT2D eigenvalue weighted by Gasteiger charge is -2.36. The zero-order valence-electron chi connectivity index (χ0n) is 18.6. The van der Waals surface area contributed by atoms with E-state index in [1.165, 1.54) is 16.7 Å². The van der Waals surface area contributed by atoms with Crippen molar-refractivity contribution in [3.63, 3.8) is 0 Å². The van der Waals surface area contributed by atoms with Crippen LogP contribution in [-0.2, 0) is 16.1 Å². The summed E-state index contributed by atoms with van der Waals surface area (Å²) in [7, 11) is 1.54. The molecule has 1 saturated heterocycles. The number of piperidine rings is 1. The zero-order chi connectivity index (χ0) is 22.2. The van der Waals surface area contributed by atoms with E-state index >= 15 is 0 Å². The van der Waals surface area contributed by atoms with Crippen LogP contribution in [0.15, 0.2) is 79.0 Å². The maximum atomic E-state index is 12.2. The molecule has 1 aromatic heterocycles. The zero-order valence-corrected chi connectivity index (χ0v) is 18.6. The van der Waals surface area contributed by atoms with Crippen molar-refractivity contribution in [2.45, 2.75) is 25.4 Å². The van der Waals surface area contributed by atoms with Gasteiger partial charge in [-0.2, -0.15) is 0 Å². The number of carbonyl (C=O) groups excluding carboxylic acids is 1. The summed E-state index contributed by atoms with van der Waals surface area (Å²) in [5.41, 5.74) is 4.75. The fraction of sp³-hybridized carbons (Fsp3) is 0.333. The summed E-state index contributed by atoms with van der Waals surface area (Å²) in [6.07, 6.45) is 3.84. The highest BCUT2D eigenvalue weighted by Gasteiger charge is 2.29. The molecule has 0 aliphatic carbocycles. The molecule has 1 unspecified atom stereocenters. The van der Waals surface area contributed by atoms with E-state index in [0.717, 1.165) is 38.2 Å². The lowest BCUT2D eigenvalue weighted by Crippen LogP contribution is -2.41. The molecule has 0 spiro atoms. The Morgan fingerprint density at radius 1 is 1.00 bits per heavy atom. The first-order chi connectivity index (χ1) is 15.7. The molecule has 1 amide bonds. The number of ether oxygens (including phenoxy) is 1. The Hall–Kier alpha value is -3.02. The lowest BCUT2D eigenvalue weighted by atomic mass is 9.87. The van der Waals surface area contributed by atoms with Gasteiger partial charge < -0.3 is 10.1 Å². The summed E-state index contributed by atoms with van der Waals surface area (Å²) in [5.74, 6) is 0.270. The molecule has 2 heterocycles. The molecule has 1 atom stereocenters. The van der Waals surface area contributed by atoms with Crippen LogP contribution in [0, 0.1) is 5.92 Å². The van der Waals surface area contributed by atoms with Gasteiger partial charge in [0.05, 0.1) is 11.7 Å². The van der Waals surface area contributed by atoms with Crippen LogP contribution in [0.2, 0.25) is 0 Å². The van der Waals surface area contributed by atoms with Gasteiger partial charge in [0.25, 0.3) is 0 Å². The molecule has 32 heavy (non-hydrogen) atoms. The van der Waals surface area contributed by atoms with E-state index in [2.05, 4.69) is 63.7 Å². The van der Waals surface area contributed by atoms with Gasteiger partial charge >= 0.3 is 0 Å². The van der Waals surface area contributed by atoms with Crippen LogP contribution in [0.3, 0.4) is 0 Å². The standard InChI is InChI=1S/C27H31N3O2/c1-32-20-26(31)29-27(25-9-5-6-16-28-25)24-14-17-30(18-15-24)19-21-10-12-23(13-11-21)22-7-3-2-4-8-22/h2-13,16,24,27H,14-15,17-20H2,1H3,(H,29,31). The molecule has 5 heteroatoms. The van der Waals surface area contributed by atoms with E-state index in [1.54, 1.807) is 13.3 Å². The molecular formula is C27H31N3O2. The monoisotopic (exact) mass is 429 g/mol. The molecule has 166 valence electrons. The summed E-state index contributed by atoms with van der Waals surface area (Å²) in [4.78, 5) is 19.2. The van der Waals surface area contributed by atoms with Gasteiger partial charge in [0.2, 0.25) is 5.91 Å². The first kappa shape index (κ1) is 22.2. The number of methoxy groups -OCH3 is 1. The molecule has 1 aliphatic rings. The van der Waals surface area contributed by atoms with Crippen LogP contribution in [0.25, 0.3) is 11.1 Å². The number of nitrogens with zero attached hydrogens (tertiary/aromatic N) is 2. The van der Waals surface area contributed by atoms with Crippen molar-refractivity contribution in [2.75, 3.05) is 26.8 Å². The van der Waals surface area contributed by atoms with Gasteiger partial charge in [0.1, 0.15) is 6.61 Å². The Kier molecular flexibility index (Phi) is 7.64. The number of aromatic nitrogens is 1. The minimum Gasteiger partial charge on any atom is -0.375 e. The maximum absolute atomic E-state index is 12.2. The van der Waals surface area contributed by atoms with E-state index in [9.17, 15) is 4.79 Å². The van der Waals surface area contributed by atoms with Crippen molar-refractivity contribution < 1.29 is 9.53 Å². The number of benzene rings is 2. The number of pyridine rings is 1. The Labute approximate surface area is 190 Å². The second-order valence-corrected chi connectivity index (χ2v) is 8.41. The number of likely N-dealkylation sites (tertiary alicyclic amines) is 1. The van der Waals surface area contributed by atoms with Gasteiger partial charge in [0.15, 0.2) is 0 Å². The third-order valence-corrected chi connectivity index (χ3v) is 6.17. The highest BCUT2D eigenvalue weighted by molar-refractivity contribution is 5.77. The fourth-order valence-electron chi connectivity index (χ4n) is 4.48. The molecule has 2 aromatic carbocycles. The first-order valence-electron chi connectivity index (χ1n) is 11.3. The summed E-state index contributed by atoms with van der Waals surface area (Å²) in [5, 5.41) is 3.15. The average Bonchev–Trinajstić information content (AvgIpc) is 2.85. The molecule has 1 fully saturated rings. The molecule has 1 N–H and O–H groups in total. The third kappa shape index (κ3) is 5.81. The van der Waals surface area contributed by atoms with Gasteiger partial charge in [-0.15, -0.1) is 0 Å². The van der Waals surface area contributed by atoms with Crippen LogP contribution < -0.4 is 5.32 Å². The molecule has 3 aromatic rings. The van der Waals surface area contributed by atoms with Crippen molar-refractivity contribution in [3.05, 3.63) is 90.3 Å². The van der Waals surface area contributed by atoms with Crippen molar-refractivity contribution >= 4 is 5.91 Å². The molecule has 0 radical (unpaired) electrons. The maximum Gasteiger partial charge on any atom is 0.246 e. The van der Waals surface area contributed by atoms with Crippen LogP contribution in [0.1, 0.15) is 30.1 Å². The highest BCUT2D eigenvalue weighted by atomic mass is 16.5. The molecule has 0 bridgehead atoms. The summed E-state index contributed by atoms with van der Waals surface area (Å²) >= 11 is 0. The van der Waals surface area contributed by atoms with Crippen molar-refractivity contribution in [1.29, 1.82) is 0 Å². The smallest absolute Gasteiger partial charge is 0.246 e. The summed E-state index contributed by atoms with van der Waals surface area (Å²) < 4.78 is 5.01. The number of hydrogen-bond donors (Lipinski definition) is 1. The quantitative estimate of drug-likeness (QED) is 0.574. The van der Waals surface area contributed by atoms with Gasteiger partial charge in [-0.05, 0) is 60.7 Å². The normalized spacial score (nSPS) is 15.9. The Morgan fingerprint density at radius 2 is 1.69 bits per heavy atom. The van der Waals surface area contributed by atoms with E-state index in [4.69, 9.17) is 4.74 Å². The second-order valence-electron chi connectivity index (χ2n) is 8.41. The lowest BCUT2D eigenvalue weighted by molar-refractivity contribution is -0.126. The number of amides is 1. The predicted octanol–water partition coefficient (Wildman–Crippen LogP) is 4.46. The van der Waals surface area contributed by atoms with E-state index < -0.39 is 0 Å². The Morgan fingerprint density at radius 3 is 2.34 bits per heavy atom. The summed E-state index contributed by atoms with van der Waals surface area (Å²) in [6.45, 7) is 3.04. The average molecular weight is 430 g/mol. The molecule has 5 nitrogen and oxygen atoms in total. The molecule has 4 rings (SSSR count). The number of carbonyl (C=O) groups is 1. The van der Waals surface area contributed by atoms with E-state index in [1.807, 2.05) is 24.3 Å². The van der Waals surface area contributed by atoms with Gasteiger partial charge in [0, 0.05) is 19.9 Å². The predicted molar refractivity (Wildman–Crippen MR) is 127 cm³/mol. The van der Waals surface area contributed by atoms with Crippen molar-refractivity contribution in [2.24, 2.45) is 5.92 Å². The number of nitrogens with one attached hydrogen (secondary N) is 1. The molecule has 0 saturated carbocycles. The molecular weight excluding hydrogens is 398 g/mol. The minimum absolute atomic E-state index is 0.0706. The Bertz CT molecular complexity index is 969. The minimum atomic E-state index is -0.0934. The topological polar surface area (TPSA) is 54.5 Å². The largest absolute Gasteiger partial charge is 0.375 e. The highest BCUT2D eigenvalue weighted by Crippen LogP contribution is 2.30. The van der Waals surface area contributed by atoms with Crippen LogP contribution in [0.5, 0.6) is 0 Å². The van der Waals surface area contributed by atoms with Crippen LogP contribution in [-0.4, -0.2) is 42.6 Å². The fourth-order valence-corrected chi connectivity index (χ4v) is 4.48. The van der Waals surface area contributed by atoms with Gasteiger partial charge in [-0.25, -0.2) is 0 Å². The van der Waals surface area contributed by atoms with Crippen LogP contribution in [0.4, 0.5) is 0 Å². The SMILES string of the molecule is COCC(=O)NC(c1ccccn1)C1CCN(Cc2ccc(-c3ccccc3)cc2)CC1. The molecule has 1 aliphatic heterocycles. The van der Waals surface area contributed by atoms with Gasteiger partial charge in [-0.1, -0.05) is 60.7 Å². The van der Waals surface area contributed by atoms with E-state index in [0.29, 0.717) is 5.92 Å². The van der Waals surface area contributed by atoms with Crippen LogP contribution >= 0.6 is 0 Å².